The van der Waals surface area contributed by atoms with Crippen molar-refractivity contribution in [2.45, 2.75) is 19.9 Å². The number of aryl methyl sites for hydroxylation is 1. The molecule has 5 nitrogen and oxygen atoms in total. The van der Waals surface area contributed by atoms with Crippen LogP contribution < -0.4 is 14.8 Å². The molecular weight excluding hydrogens is 382 g/mol. The van der Waals surface area contributed by atoms with Gasteiger partial charge in [-0.3, -0.25) is 0 Å². The zero-order valence-corrected chi connectivity index (χ0v) is 16.2. The van der Waals surface area contributed by atoms with Gasteiger partial charge in [0.1, 0.15) is 11.6 Å². The number of hydrogen-bond donors (Lipinski definition) is 1. The molecule has 0 fully saturated rings. The summed E-state index contributed by atoms with van der Waals surface area (Å²) in [7, 11) is 3.24. The van der Waals surface area contributed by atoms with Gasteiger partial charge in [-0.2, -0.15) is 0 Å². The summed E-state index contributed by atoms with van der Waals surface area (Å²) in [5, 5.41) is 4.38. The lowest BCUT2D eigenvalue weighted by Gasteiger charge is -2.18. The van der Waals surface area contributed by atoms with E-state index in [-0.39, 0.29) is 6.04 Å². The second-order valence-electron chi connectivity index (χ2n) is 5.76. The highest BCUT2D eigenvalue weighted by molar-refractivity contribution is 9.10. The second kappa shape index (κ2) is 7.27. The van der Waals surface area contributed by atoms with Gasteiger partial charge in [-0.05, 0) is 37.6 Å². The van der Waals surface area contributed by atoms with Gasteiger partial charge in [0.2, 0.25) is 0 Å². The van der Waals surface area contributed by atoms with Crippen LogP contribution in [0.4, 0.5) is 5.82 Å². The minimum absolute atomic E-state index is 0.0960. The van der Waals surface area contributed by atoms with Crippen molar-refractivity contribution in [1.82, 2.24) is 9.97 Å². The van der Waals surface area contributed by atoms with Crippen LogP contribution in [0.1, 0.15) is 24.4 Å². The SMILES string of the molecule is COc1cc2nc(C)nc(N[C@H](C)c3ccc(Br)cc3)c2cc1OC. The minimum atomic E-state index is 0.0960. The maximum absolute atomic E-state index is 5.42. The number of anilines is 1. The lowest BCUT2D eigenvalue weighted by atomic mass is 10.1. The van der Waals surface area contributed by atoms with E-state index in [4.69, 9.17) is 9.47 Å². The maximum atomic E-state index is 5.42. The van der Waals surface area contributed by atoms with Gasteiger partial charge in [0.05, 0.1) is 19.7 Å². The Morgan fingerprint density at radius 1 is 1.00 bits per heavy atom. The molecule has 0 aliphatic rings. The topological polar surface area (TPSA) is 56.3 Å². The molecule has 0 spiro atoms. The van der Waals surface area contributed by atoms with Crippen molar-refractivity contribution in [3.05, 3.63) is 52.3 Å². The van der Waals surface area contributed by atoms with E-state index in [1.807, 2.05) is 31.2 Å². The van der Waals surface area contributed by atoms with Gasteiger partial charge in [0.15, 0.2) is 11.5 Å². The van der Waals surface area contributed by atoms with Gasteiger partial charge in [0.25, 0.3) is 0 Å². The first-order valence-corrected chi connectivity index (χ1v) is 8.73. The van der Waals surface area contributed by atoms with Crippen molar-refractivity contribution >= 4 is 32.7 Å². The first kappa shape index (κ1) is 17.5. The van der Waals surface area contributed by atoms with Crippen LogP contribution in [-0.2, 0) is 0 Å². The average molecular weight is 402 g/mol. The van der Waals surface area contributed by atoms with Crippen LogP contribution in [0.3, 0.4) is 0 Å². The van der Waals surface area contributed by atoms with Gasteiger partial charge in [0, 0.05) is 22.0 Å². The molecule has 1 heterocycles. The molecule has 3 rings (SSSR count). The molecule has 0 unspecified atom stereocenters. The summed E-state index contributed by atoms with van der Waals surface area (Å²) >= 11 is 3.47. The number of ether oxygens (including phenoxy) is 2. The number of aromatic nitrogens is 2. The van der Waals surface area contributed by atoms with E-state index in [9.17, 15) is 0 Å². The molecule has 0 aliphatic heterocycles. The molecule has 3 aromatic rings. The van der Waals surface area contributed by atoms with Crippen LogP contribution in [-0.4, -0.2) is 24.2 Å². The summed E-state index contributed by atoms with van der Waals surface area (Å²) in [5.41, 5.74) is 1.99. The molecule has 1 N–H and O–H groups in total. The fraction of sp³-hybridized carbons (Fsp3) is 0.263. The van der Waals surface area contributed by atoms with Crippen molar-refractivity contribution in [2.75, 3.05) is 19.5 Å². The summed E-state index contributed by atoms with van der Waals surface area (Å²) in [6, 6.07) is 12.1. The summed E-state index contributed by atoms with van der Waals surface area (Å²) in [4.78, 5) is 9.11. The van der Waals surface area contributed by atoms with E-state index in [0.29, 0.717) is 17.3 Å². The van der Waals surface area contributed by atoms with Crippen LogP contribution in [0.5, 0.6) is 11.5 Å². The smallest absolute Gasteiger partial charge is 0.162 e. The third-order valence-corrected chi connectivity index (χ3v) is 4.56. The van der Waals surface area contributed by atoms with E-state index in [1.165, 1.54) is 5.56 Å². The van der Waals surface area contributed by atoms with Gasteiger partial charge < -0.3 is 14.8 Å². The molecule has 0 saturated carbocycles. The molecule has 130 valence electrons. The highest BCUT2D eigenvalue weighted by atomic mass is 79.9. The third-order valence-electron chi connectivity index (χ3n) is 4.04. The van der Waals surface area contributed by atoms with E-state index in [0.717, 1.165) is 21.2 Å². The van der Waals surface area contributed by atoms with Crippen molar-refractivity contribution in [2.24, 2.45) is 0 Å². The number of methoxy groups -OCH3 is 2. The van der Waals surface area contributed by atoms with Crippen LogP contribution in [0.25, 0.3) is 10.9 Å². The van der Waals surface area contributed by atoms with Crippen LogP contribution in [0.2, 0.25) is 0 Å². The largest absolute Gasteiger partial charge is 0.493 e. The zero-order chi connectivity index (χ0) is 18.0. The molecule has 1 atom stereocenters. The molecular formula is C19H20BrN3O2. The molecule has 0 saturated heterocycles. The third kappa shape index (κ3) is 3.69. The quantitative estimate of drug-likeness (QED) is 0.659. The van der Waals surface area contributed by atoms with Gasteiger partial charge in [-0.25, -0.2) is 9.97 Å². The standard InChI is InChI=1S/C19H20BrN3O2/c1-11(13-5-7-14(20)8-6-13)21-19-15-9-17(24-3)18(25-4)10-16(15)22-12(2)23-19/h5-11H,1-4H3,(H,21,22,23)/t11-/m1/s1. The Morgan fingerprint density at radius 3 is 2.28 bits per heavy atom. The summed E-state index contributed by atoms with van der Waals surface area (Å²) < 4.78 is 11.9. The summed E-state index contributed by atoms with van der Waals surface area (Å²) in [6.07, 6.45) is 0. The molecule has 2 aromatic carbocycles. The zero-order valence-electron chi connectivity index (χ0n) is 14.6. The number of rotatable bonds is 5. The van der Waals surface area contributed by atoms with Gasteiger partial charge >= 0.3 is 0 Å². The summed E-state index contributed by atoms with van der Waals surface area (Å²) in [6.45, 7) is 3.99. The van der Waals surface area contributed by atoms with E-state index < -0.39 is 0 Å². The molecule has 25 heavy (non-hydrogen) atoms. The average Bonchev–Trinajstić information content (AvgIpc) is 2.61. The lowest BCUT2D eigenvalue weighted by Crippen LogP contribution is -2.09. The predicted octanol–water partition coefficient (Wildman–Crippen LogP) is 4.89. The number of halogens is 1. The Hall–Kier alpha value is -2.34. The molecule has 1 aromatic heterocycles. The normalized spacial score (nSPS) is 12.0. The maximum Gasteiger partial charge on any atom is 0.162 e. The van der Waals surface area contributed by atoms with E-state index >= 15 is 0 Å². The predicted molar refractivity (Wildman–Crippen MR) is 104 cm³/mol. The number of fused-ring (bicyclic) bond motifs is 1. The molecule has 0 amide bonds. The highest BCUT2D eigenvalue weighted by Gasteiger charge is 2.14. The number of nitrogens with one attached hydrogen (secondary N) is 1. The molecule has 0 radical (unpaired) electrons. The first-order chi connectivity index (χ1) is 12.0. The monoisotopic (exact) mass is 401 g/mol. The second-order valence-corrected chi connectivity index (χ2v) is 6.68. The summed E-state index contributed by atoms with van der Waals surface area (Å²) in [5.74, 6) is 2.78. The first-order valence-electron chi connectivity index (χ1n) is 7.94. The Labute approximate surface area is 155 Å². The van der Waals surface area contributed by atoms with Crippen LogP contribution in [0, 0.1) is 6.92 Å². The van der Waals surface area contributed by atoms with Crippen molar-refractivity contribution in [3.63, 3.8) is 0 Å². The Bertz CT molecular complexity index is 897. The lowest BCUT2D eigenvalue weighted by molar-refractivity contribution is 0.356. The van der Waals surface area contributed by atoms with Crippen molar-refractivity contribution in [3.8, 4) is 11.5 Å². The molecule has 6 heteroatoms. The number of hydrogen-bond acceptors (Lipinski definition) is 5. The van der Waals surface area contributed by atoms with Crippen molar-refractivity contribution < 1.29 is 9.47 Å². The van der Waals surface area contributed by atoms with E-state index in [2.05, 4.69) is 50.3 Å². The Balaban J connectivity index is 2.03. The van der Waals surface area contributed by atoms with E-state index in [1.54, 1.807) is 14.2 Å². The minimum Gasteiger partial charge on any atom is -0.493 e. The van der Waals surface area contributed by atoms with Gasteiger partial charge in [-0.15, -0.1) is 0 Å². The number of benzene rings is 2. The fourth-order valence-corrected chi connectivity index (χ4v) is 2.99. The molecule has 0 aliphatic carbocycles. The molecule has 0 bridgehead atoms. The Kier molecular flexibility index (Phi) is 5.08. The van der Waals surface area contributed by atoms with Crippen molar-refractivity contribution in [1.29, 1.82) is 0 Å². The van der Waals surface area contributed by atoms with Gasteiger partial charge in [-0.1, -0.05) is 28.1 Å². The number of nitrogens with zero attached hydrogens (tertiary/aromatic N) is 2. The fourth-order valence-electron chi connectivity index (χ4n) is 2.72. The Morgan fingerprint density at radius 2 is 1.64 bits per heavy atom. The van der Waals surface area contributed by atoms with Crippen LogP contribution in [0.15, 0.2) is 40.9 Å². The van der Waals surface area contributed by atoms with Crippen LogP contribution >= 0.6 is 15.9 Å². The highest BCUT2D eigenvalue weighted by Crippen LogP contribution is 2.35.